The first-order chi connectivity index (χ1) is 12.5. The van der Waals surface area contributed by atoms with E-state index in [4.69, 9.17) is 0 Å². The van der Waals surface area contributed by atoms with Gasteiger partial charge in [-0.25, -0.2) is 10.3 Å². The third-order valence-electron chi connectivity index (χ3n) is 3.77. The number of hydrazine groups is 1. The molecule has 10 nitrogen and oxygen atoms in total. The van der Waals surface area contributed by atoms with Crippen LogP contribution in [0, 0.1) is 10.1 Å². The Morgan fingerprint density at radius 3 is 2.42 bits per heavy atom. The molecular weight excluding hydrogens is 342 g/mol. The third kappa shape index (κ3) is 3.39. The Labute approximate surface area is 146 Å². The second-order valence-electron chi connectivity index (χ2n) is 5.43. The number of benzene rings is 1. The van der Waals surface area contributed by atoms with Gasteiger partial charge in [0, 0.05) is 30.1 Å². The first-order valence-corrected chi connectivity index (χ1v) is 7.54. The van der Waals surface area contributed by atoms with Crippen LogP contribution in [0.3, 0.4) is 0 Å². The molecule has 1 aliphatic heterocycles. The Hall–Kier alpha value is -3.66. The van der Waals surface area contributed by atoms with Crippen LogP contribution in [0.2, 0.25) is 0 Å². The van der Waals surface area contributed by atoms with Crippen molar-refractivity contribution in [3.8, 4) is 0 Å². The van der Waals surface area contributed by atoms with E-state index in [0.29, 0.717) is 5.56 Å². The molecule has 1 aliphatic rings. The van der Waals surface area contributed by atoms with Gasteiger partial charge in [0.25, 0.3) is 17.5 Å². The van der Waals surface area contributed by atoms with Crippen LogP contribution in [0.4, 0.5) is 11.4 Å². The number of carbonyl (C=O) groups excluding carboxylic acids is 3. The van der Waals surface area contributed by atoms with Crippen molar-refractivity contribution in [2.75, 3.05) is 4.90 Å². The molecule has 1 saturated heterocycles. The zero-order valence-corrected chi connectivity index (χ0v) is 13.3. The molecule has 132 valence electrons. The van der Waals surface area contributed by atoms with Crippen LogP contribution in [0.15, 0.2) is 48.8 Å². The number of hydrogen-bond donors (Lipinski definition) is 2. The number of nitro groups is 1. The number of amides is 3. The second kappa shape index (κ2) is 7.07. The monoisotopic (exact) mass is 355 g/mol. The highest BCUT2D eigenvalue weighted by atomic mass is 16.6. The molecule has 1 unspecified atom stereocenters. The summed E-state index contributed by atoms with van der Waals surface area (Å²) in [5.41, 5.74) is 5.36. The summed E-state index contributed by atoms with van der Waals surface area (Å²) in [7, 11) is 0. The normalized spacial score (nSPS) is 16.6. The summed E-state index contributed by atoms with van der Waals surface area (Å²) in [6.45, 7) is 0. The smallest absolute Gasteiger partial charge is 0.269 e. The van der Waals surface area contributed by atoms with Crippen LogP contribution in [-0.4, -0.2) is 33.7 Å². The van der Waals surface area contributed by atoms with Gasteiger partial charge in [0.15, 0.2) is 0 Å². The molecule has 1 atom stereocenters. The third-order valence-corrected chi connectivity index (χ3v) is 3.77. The highest BCUT2D eigenvalue weighted by Crippen LogP contribution is 2.24. The maximum atomic E-state index is 12.4. The van der Waals surface area contributed by atoms with E-state index in [9.17, 15) is 24.5 Å². The van der Waals surface area contributed by atoms with Crippen LogP contribution >= 0.6 is 0 Å². The van der Waals surface area contributed by atoms with Gasteiger partial charge in [0.2, 0.25) is 5.91 Å². The van der Waals surface area contributed by atoms with Crippen LogP contribution in [0.25, 0.3) is 0 Å². The van der Waals surface area contributed by atoms with Crippen molar-refractivity contribution in [1.82, 2.24) is 15.8 Å². The van der Waals surface area contributed by atoms with Crippen molar-refractivity contribution in [3.63, 3.8) is 0 Å². The molecule has 1 fully saturated rings. The Morgan fingerprint density at radius 2 is 1.81 bits per heavy atom. The number of rotatable bonds is 5. The molecule has 2 aromatic rings. The SMILES string of the molecule is O=C(NNC1CC(=O)N(c2ccc([N+](=O)[O-])cc2)C1=O)c1ccncc1. The standard InChI is InChI=1S/C16H13N5O5/c22-14-9-13(18-19-15(23)10-5-7-17-8-6-10)16(24)20(14)11-1-3-12(4-2-11)21(25)26/h1-8,13,18H,9H2,(H,19,23). The molecule has 0 spiro atoms. The van der Waals surface area contributed by atoms with E-state index in [1.807, 2.05) is 0 Å². The fourth-order valence-corrected chi connectivity index (χ4v) is 2.47. The highest BCUT2D eigenvalue weighted by molar-refractivity contribution is 6.22. The number of non-ortho nitro benzene ring substituents is 1. The molecule has 10 heteroatoms. The minimum Gasteiger partial charge on any atom is -0.287 e. The molecule has 1 aromatic heterocycles. The number of hydrogen-bond acceptors (Lipinski definition) is 7. The van der Waals surface area contributed by atoms with Gasteiger partial charge < -0.3 is 0 Å². The lowest BCUT2D eigenvalue weighted by Gasteiger charge is -2.15. The molecule has 1 aromatic carbocycles. The predicted octanol–water partition coefficient (Wildman–Crippen LogP) is 0.556. The van der Waals surface area contributed by atoms with E-state index in [1.54, 1.807) is 0 Å². The number of anilines is 1. The summed E-state index contributed by atoms with van der Waals surface area (Å²) < 4.78 is 0. The first kappa shape index (κ1) is 17.2. The van der Waals surface area contributed by atoms with Gasteiger partial charge in [-0.1, -0.05) is 0 Å². The molecule has 0 aliphatic carbocycles. The quantitative estimate of drug-likeness (QED) is 0.454. The first-order valence-electron chi connectivity index (χ1n) is 7.54. The molecule has 26 heavy (non-hydrogen) atoms. The number of nitrogens with one attached hydrogen (secondary N) is 2. The van der Waals surface area contributed by atoms with Crippen molar-refractivity contribution in [2.45, 2.75) is 12.5 Å². The maximum absolute atomic E-state index is 12.4. The minimum absolute atomic E-state index is 0.146. The zero-order valence-electron chi connectivity index (χ0n) is 13.3. The molecule has 0 bridgehead atoms. The van der Waals surface area contributed by atoms with Gasteiger partial charge in [0.1, 0.15) is 6.04 Å². The molecular formula is C16H13N5O5. The van der Waals surface area contributed by atoms with E-state index in [-0.39, 0.29) is 17.8 Å². The number of nitro benzene ring substituents is 1. The Kier molecular flexibility index (Phi) is 4.67. The summed E-state index contributed by atoms with van der Waals surface area (Å²) in [6.07, 6.45) is 2.76. The second-order valence-corrected chi connectivity index (χ2v) is 5.43. The Morgan fingerprint density at radius 1 is 1.15 bits per heavy atom. The van der Waals surface area contributed by atoms with Gasteiger partial charge in [0.05, 0.1) is 17.0 Å². The van der Waals surface area contributed by atoms with E-state index < -0.39 is 28.7 Å². The summed E-state index contributed by atoms with van der Waals surface area (Å²) in [5, 5.41) is 10.7. The van der Waals surface area contributed by atoms with Crippen molar-refractivity contribution in [3.05, 3.63) is 64.5 Å². The van der Waals surface area contributed by atoms with E-state index >= 15 is 0 Å². The van der Waals surface area contributed by atoms with Crippen LogP contribution in [-0.2, 0) is 9.59 Å². The minimum atomic E-state index is -0.927. The zero-order chi connectivity index (χ0) is 18.7. The summed E-state index contributed by atoms with van der Waals surface area (Å²) >= 11 is 0. The molecule has 3 amide bonds. The number of imide groups is 1. The van der Waals surface area contributed by atoms with E-state index in [2.05, 4.69) is 15.8 Å². The average molecular weight is 355 g/mol. The molecule has 0 radical (unpaired) electrons. The van der Waals surface area contributed by atoms with Gasteiger partial charge in [-0.15, -0.1) is 0 Å². The Balaban J connectivity index is 1.67. The molecule has 0 saturated carbocycles. The lowest BCUT2D eigenvalue weighted by atomic mass is 10.2. The van der Waals surface area contributed by atoms with Crippen LogP contribution in [0.5, 0.6) is 0 Å². The lowest BCUT2D eigenvalue weighted by molar-refractivity contribution is -0.384. The van der Waals surface area contributed by atoms with E-state index in [0.717, 1.165) is 4.90 Å². The van der Waals surface area contributed by atoms with Gasteiger partial charge in [-0.05, 0) is 24.3 Å². The van der Waals surface area contributed by atoms with E-state index in [1.165, 1.54) is 48.8 Å². The fourth-order valence-electron chi connectivity index (χ4n) is 2.47. The van der Waals surface area contributed by atoms with Crippen LogP contribution in [0.1, 0.15) is 16.8 Å². The van der Waals surface area contributed by atoms with Gasteiger partial charge >= 0.3 is 0 Å². The number of nitrogens with zero attached hydrogens (tertiary/aromatic N) is 3. The van der Waals surface area contributed by atoms with Crippen molar-refractivity contribution >= 4 is 29.1 Å². The van der Waals surface area contributed by atoms with Gasteiger partial charge in [-0.3, -0.25) is 34.9 Å². The van der Waals surface area contributed by atoms with Gasteiger partial charge in [-0.2, -0.15) is 0 Å². The summed E-state index contributed by atoms with van der Waals surface area (Å²) in [5.74, 6) is -1.50. The predicted molar refractivity (Wildman–Crippen MR) is 88.8 cm³/mol. The lowest BCUT2D eigenvalue weighted by Crippen LogP contribution is -2.48. The fraction of sp³-hybridized carbons (Fsp3) is 0.125. The molecule has 3 rings (SSSR count). The largest absolute Gasteiger partial charge is 0.287 e. The van der Waals surface area contributed by atoms with Crippen molar-refractivity contribution < 1.29 is 19.3 Å². The topological polar surface area (TPSA) is 135 Å². The maximum Gasteiger partial charge on any atom is 0.269 e. The average Bonchev–Trinajstić information content (AvgIpc) is 2.94. The summed E-state index contributed by atoms with van der Waals surface area (Å²) in [6, 6.07) is 7.15. The number of carbonyl (C=O) groups is 3. The number of pyridine rings is 1. The highest BCUT2D eigenvalue weighted by Gasteiger charge is 2.39. The van der Waals surface area contributed by atoms with Crippen molar-refractivity contribution in [2.24, 2.45) is 0 Å². The molecule has 2 N–H and O–H groups in total. The number of aromatic nitrogens is 1. The van der Waals surface area contributed by atoms with Crippen LogP contribution < -0.4 is 15.8 Å². The van der Waals surface area contributed by atoms with Crippen molar-refractivity contribution in [1.29, 1.82) is 0 Å². The molecule has 2 heterocycles. The summed E-state index contributed by atoms with van der Waals surface area (Å²) in [4.78, 5) is 51.4. The Bertz CT molecular complexity index is 868.